The normalized spacial score (nSPS) is 20.6. The number of rotatable bonds is 7. The highest BCUT2D eigenvalue weighted by molar-refractivity contribution is 8.00. The van der Waals surface area contributed by atoms with Gasteiger partial charge in [0.2, 0.25) is 0 Å². The molecule has 8 heteroatoms. The minimum Gasteiger partial charge on any atom is -0.497 e. The van der Waals surface area contributed by atoms with E-state index in [0.717, 1.165) is 6.54 Å². The lowest BCUT2D eigenvalue weighted by molar-refractivity contribution is -0.0505. The van der Waals surface area contributed by atoms with E-state index in [0.29, 0.717) is 23.8 Å². The molecule has 0 radical (unpaired) electrons. The molecule has 0 spiro atoms. The average Bonchev–Trinajstić information content (AvgIpc) is 3.02. The van der Waals surface area contributed by atoms with Gasteiger partial charge in [0, 0.05) is 36.5 Å². The summed E-state index contributed by atoms with van der Waals surface area (Å²) < 4.78 is 35.1. The maximum Gasteiger partial charge on any atom is 0.387 e. The van der Waals surface area contributed by atoms with Crippen molar-refractivity contribution in [2.45, 2.75) is 37.7 Å². The van der Waals surface area contributed by atoms with Gasteiger partial charge in [-0.3, -0.25) is 4.99 Å². The zero-order valence-electron chi connectivity index (χ0n) is 14.8. The molecule has 1 atom stereocenters. The van der Waals surface area contributed by atoms with Crippen molar-refractivity contribution in [3.63, 3.8) is 0 Å². The van der Waals surface area contributed by atoms with E-state index < -0.39 is 6.61 Å². The van der Waals surface area contributed by atoms with Crippen LogP contribution in [0.4, 0.5) is 8.78 Å². The monoisotopic (exact) mass is 373 g/mol. The fourth-order valence-corrected chi connectivity index (χ4v) is 3.90. The molecule has 1 aliphatic heterocycles. The van der Waals surface area contributed by atoms with Crippen molar-refractivity contribution in [1.29, 1.82) is 0 Å². The van der Waals surface area contributed by atoms with Crippen molar-refractivity contribution < 1.29 is 18.3 Å². The molecule has 140 valence electrons. The zero-order chi connectivity index (χ0) is 18.3. The first kappa shape index (κ1) is 19.6. The van der Waals surface area contributed by atoms with Gasteiger partial charge in [0.15, 0.2) is 5.96 Å². The lowest BCUT2D eigenvalue weighted by Crippen LogP contribution is -2.43. The number of guanidine groups is 1. The molecule has 0 aromatic heterocycles. The Hall–Kier alpha value is -1.70. The highest BCUT2D eigenvalue weighted by Crippen LogP contribution is 2.36. The molecule has 0 aliphatic carbocycles. The van der Waals surface area contributed by atoms with Crippen molar-refractivity contribution >= 4 is 17.7 Å². The molecule has 1 unspecified atom stereocenters. The van der Waals surface area contributed by atoms with Gasteiger partial charge in [0.05, 0.1) is 7.11 Å². The third-order valence-electron chi connectivity index (χ3n) is 4.09. The number of thioether (sulfide) groups is 1. The lowest BCUT2D eigenvalue weighted by Gasteiger charge is -2.24. The Labute approximate surface area is 151 Å². The molecule has 0 amide bonds. The van der Waals surface area contributed by atoms with Gasteiger partial charge in [-0.1, -0.05) is 0 Å². The number of nitrogens with one attached hydrogen (secondary N) is 2. The largest absolute Gasteiger partial charge is 0.497 e. The van der Waals surface area contributed by atoms with Crippen LogP contribution in [-0.2, 0) is 6.54 Å². The summed E-state index contributed by atoms with van der Waals surface area (Å²) in [4.78, 5) is 4.19. The van der Waals surface area contributed by atoms with E-state index in [1.54, 1.807) is 19.2 Å². The third kappa shape index (κ3) is 5.95. The standard InChI is InChI=1S/C17H25F2N3O2S/c1-17(7-4-8-25-17)11-22-16(20-2)21-10-12-5-6-13(23-3)9-14(12)24-15(18)19/h5-6,9,15H,4,7-8,10-11H2,1-3H3,(H2,20,21,22). The predicted octanol–water partition coefficient (Wildman–Crippen LogP) is 3.25. The van der Waals surface area contributed by atoms with Crippen LogP contribution in [0.15, 0.2) is 23.2 Å². The Kier molecular flexibility index (Phi) is 7.16. The van der Waals surface area contributed by atoms with Crippen molar-refractivity contribution in [2.75, 3.05) is 26.5 Å². The topological polar surface area (TPSA) is 54.9 Å². The first-order chi connectivity index (χ1) is 12.0. The molecule has 5 nitrogen and oxygen atoms in total. The highest BCUT2D eigenvalue weighted by Gasteiger charge is 2.29. The molecule has 1 aromatic rings. The van der Waals surface area contributed by atoms with Crippen molar-refractivity contribution in [3.8, 4) is 11.5 Å². The second kappa shape index (κ2) is 9.12. The highest BCUT2D eigenvalue weighted by atomic mass is 32.2. The van der Waals surface area contributed by atoms with Crippen LogP contribution in [-0.4, -0.2) is 43.8 Å². The molecular weight excluding hydrogens is 348 g/mol. The molecule has 25 heavy (non-hydrogen) atoms. The molecule has 2 N–H and O–H groups in total. The van der Waals surface area contributed by atoms with E-state index in [1.165, 1.54) is 31.8 Å². The molecule has 0 bridgehead atoms. The van der Waals surface area contributed by atoms with E-state index in [9.17, 15) is 8.78 Å². The summed E-state index contributed by atoms with van der Waals surface area (Å²) in [5.74, 6) is 2.38. The number of alkyl halides is 2. The summed E-state index contributed by atoms with van der Waals surface area (Å²) in [7, 11) is 3.16. The summed E-state index contributed by atoms with van der Waals surface area (Å²) in [6.07, 6.45) is 2.40. The lowest BCUT2D eigenvalue weighted by atomic mass is 10.1. The molecule has 1 aromatic carbocycles. The fraction of sp³-hybridized carbons (Fsp3) is 0.588. The summed E-state index contributed by atoms with van der Waals surface area (Å²) in [6.45, 7) is 0.474. The van der Waals surface area contributed by atoms with Crippen molar-refractivity contribution in [2.24, 2.45) is 4.99 Å². The third-order valence-corrected chi connectivity index (χ3v) is 5.63. The molecule has 1 fully saturated rings. The first-order valence-corrected chi connectivity index (χ1v) is 9.14. The number of hydrogen-bond acceptors (Lipinski definition) is 4. The molecule has 1 aliphatic rings. The van der Waals surface area contributed by atoms with Crippen molar-refractivity contribution in [3.05, 3.63) is 23.8 Å². The van der Waals surface area contributed by atoms with Crippen LogP contribution in [0, 0.1) is 0 Å². The van der Waals surface area contributed by atoms with Gasteiger partial charge < -0.3 is 20.1 Å². The zero-order valence-corrected chi connectivity index (χ0v) is 15.6. The Morgan fingerprint density at radius 1 is 1.40 bits per heavy atom. The molecule has 1 saturated heterocycles. The minimum absolute atomic E-state index is 0.0932. The SMILES string of the molecule is CN=C(NCc1ccc(OC)cc1OC(F)F)NCC1(C)CCCS1. The maximum absolute atomic E-state index is 12.6. The molecule has 2 rings (SSSR count). The van der Waals surface area contributed by atoms with Gasteiger partial charge >= 0.3 is 6.61 Å². The van der Waals surface area contributed by atoms with E-state index in [2.05, 4.69) is 27.3 Å². The van der Waals surface area contributed by atoms with Gasteiger partial charge in [-0.05, 0) is 37.7 Å². The summed E-state index contributed by atoms with van der Waals surface area (Å²) in [6, 6.07) is 4.86. The van der Waals surface area contributed by atoms with Crippen LogP contribution >= 0.6 is 11.8 Å². The quantitative estimate of drug-likeness (QED) is 0.568. The number of halogens is 2. The number of methoxy groups -OCH3 is 1. The van der Waals surface area contributed by atoms with Gasteiger partial charge in [-0.25, -0.2) is 0 Å². The van der Waals surface area contributed by atoms with Crippen LogP contribution in [0.1, 0.15) is 25.3 Å². The van der Waals surface area contributed by atoms with Crippen LogP contribution in [0.2, 0.25) is 0 Å². The number of benzene rings is 1. The van der Waals surface area contributed by atoms with E-state index in [1.807, 2.05) is 11.8 Å². The molecular formula is C17H25F2N3O2S. The van der Waals surface area contributed by atoms with E-state index in [4.69, 9.17) is 4.74 Å². The maximum atomic E-state index is 12.6. The van der Waals surface area contributed by atoms with Crippen LogP contribution < -0.4 is 20.1 Å². The first-order valence-electron chi connectivity index (χ1n) is 8.16. The number of nitrogens with zero attached hydrogens (tertiary/aromatic N) is 1. The number of aliphatic imine (C=N–C) groups is 1. The van der Waals surface area contributed by atoms with Crippen LogP contribution in [0.25, 0.3) is 0 Å². The van der Waals surface area contributed by atoms with Gasteiger partial charge in [-0.2, -0.15) is 20.5 Å². The van der Waals surface area contributed by atoms with Gasteiger partial charge in [0.1, 0.15) is 11.5 Å². The van der Waals surface area contributed by atoms with E-state index >= 15 is 0 Å². The van der Waals surface area contributed by atoms with Gasteiger partial charge in [-0.15, -0.1) is 0 Å². The Bertz CT molecular complexity index is 593. The molecule has 0 saturated carbocycles. The van der Waals surface area contributed by atoms with Crippen LogP contribution in [0.5, 0.6) is 11.5 Å². The average molecular weight is 373 g/mol. The minimum atomic E-state index is -2.89. The van der Waals surface area contributed by atoms with Crippen molar-refractivity contribution in [1.82, 2.24) is 10.6 Å². The summed E-state index contributed by atoms with van der Waals surface area (Å²) in [5, 5.41) is 6.45. The smallest absolute Gasteiger partial charge is 0.387 e. The second-order valence-corrected chi connectivity index (χ2v) is 7.72. The Balaban J connectivity index is 1.96. The molecule has 1 heterocycles. The van der Waals surface area contributed by atoms with Crippen LogP contribution in [0.3, 0.4) is 0 Å². The summed E-state index contributed by atoms with van der Waals surface area (Å²) in [5.41, 5.74) is 0.602. The Morgan fingerprint density at radius 2 is 2.20 bits per heavy atom. The Morgan fingerprint density at radius 3 is 2.80 bits per heavy atom. The summed E-state index contributed by atoms with van der Waals surface area (Å²) >= 11 is 1.96. The predicted molar refractivity (Wildman–Crippen MR) is 97.9 cm³/mol. The van der Waals surface area contributed by atoms with E-state index in [-0.39, 0.29) is 10.5 Å². The number of ether oxygens (including phenoxy) is 2. The fourth-order valence-electron chi connectivity index (χ4n) is 2.66. The second-order valence-electron chi connectivity index (χ2n) is 6.03. The number of hydrogen-bond donors (Lipinski definition) is 2. The van der Waals surface area contributed by atoms with Gasteiger partial charge in [0.25, 0.3) is 0 Å².